The first-order valence-corrected chi connectivity index (χ1v) is 17.0. The minimum Gasteiger partial charge on any atom is -0.458 e. The van der Waals surface area contributed by atoms with Crippen LogP contribution >= 0.6 is 0 Å². The first-order chi connectivity index (χ1) is 21.7. The molecule has 0 aromatic rings. The molecule has 0 spiro atoms. The number of hydrogen-bond donors (Lipinski definition) is 2. The van der Waals surface area contributed by atoms with E-state index in [9.17, 15) is 24.6 Å². The van der Waals surface area contributed by atoms with Crippen molar-refractivity contribution in [2.24, 2.45) is 23.7 Å². The van der Waals surface area contributed by atoms with E-state index in [1.54, 1.807) is 27.7 Å². The third-order valence-electron chi connectivity index (χ3n) is 10.8. The molecule has 13 nitrogen and oxygen atoms in total. The first kappa shape index (κ1) is 39.6. The van der Waals surface area contributed by atoms with Crippen molar-refractivity contribution in [3.05, 3.63) is 0 Å². The van der Waals surface area contributed by atoms with E-state index in [0.717, 1.165) is 0 Å². The van der Waals surface area contributed by atoms with Gasteiger partial charge in [0.25, 0.3) is 0 Å². The molecule has 2 N–H and O–H groups in total. The van der Waals surface area contributed by atoms with Gasteiger partial charge in [0.15, 0.2) is 11.9 Å². The molecule has 13 heteroatoms. The number of amides is 1. The van der Waals surface area contributed by atoms with Crippen LogP contribution in [0, 0.1) is 23.7 Å². The number of methoxy groups -OCH3 is 1. The molecule has 3 heterocycles. The number of carbonyl (C=O) groups excluding carboxylic acids is 3. The maximum Gasteiger partial charge on any atom is 0.411 e. The Morgan fingerprint density at radius 3 is 2.13 bits per heavy atom. The number of rotatable bonds is 7. The second-order valence-corrected chi connectivity index (χ2v) is 15.1. The standard InChI is InChI=1S/C34H61N3O10/c1-14-24-34(8)28(37(17-35(9)10)32(42)47-34)20(4)25(38)18(2)16-33(7,43-13)29(21(5)26(39)22(6)30(41)45-24)46-31-27(40)23(36(11)12)15-19(3)44-31/h18-24,26-29,31,39-40H,14-17H2,1-13H3. The number of esters is 1. The van der Waals surface area contributed by atoms with Crippen molar-refractivity contribution in [3.63, 3.8) is 0 Å². The predicted molar refractivity (Wildman–Crippen MR) is 174 cm³/mol. The minimum absolute atomic E-state index is 0.125. The van der Waals surface area contributed by atoms with Crippen molar-refractivity contribution in [3.8, 4) is 0 Å². The topological polar surface area (TPSA) is 148 Å². The molecule has 0 aromatic carbocycles. The maximum atomic E-state index is 14.4. The average molecular weight is 672 g/mol. The highest BCUT2D eigenvalue weighted by atomic mass is 16.7. The van der Waals surface area contributed by atoms with E-state index in [1.165, 1.54) is 12.0 Å². The SMILES string of the molecule is CCC1OC(=O)C(C)C(O)C(C)C(OC2OC(C)CC(N(C)C)C2O)C(C)(OC)CC(C)C(=O)C(C)C2N(CN(C)C)C(=O)OC12C. The zero-order valence-electron chi connectivity index (χ0n) is 30.8. The highest BCUT2D eigenvalue weighted by Crippen LogP contribution is 2.43. The number of Topliss-reactive ketones (excluding diaryl/α,β-unsaturated/α-hetero) is 1. The molecule has 0 bridgehead atoms. The Morgan fingerprint density at radius 1 is 0.979 bits per heavy atom. The van der Waals surface area contributed by atoms with Crippen LogP contribution in [-0.2, 0) is 33.3 Å². The maximum absolute atomic E-state index is 14.4. The Hall–Kier alpha value is -1.87. The highest BCUT2D eigenvalue weighted by Gasteiger charge is 2.60. The molecule has 47 heavy (non-hydrogen) atoms. The molecule has 3 fully saturated rings. The van der Waals surface area contributed by atoms with Gasteiger partial charge in [-0.25, -0.2) is 4.79 Å². The molecule has 3 rings (SSSR count). The Kier molecular flexibility index (Phi) is 12.9. The number of hydrogen-bond acceptors (Lipinski definition) is 12. The van der Waals surface area contributed by atoms with E-state index < -0.39 is 83.7 Å². The molecule has 1 amide bonds. The lowest BCUT2D eigenvalue weighted by Crippen LogP contribution is -2.61. The summed E-state index contributed by atoms with van der Waals surface area (Å²) in [6.07, 6.45) is -4.86. The van der Waals surface area contributed by atoms with Gasteiger partial charge in [0, 0.05) is 30.9 Å². The van der Waals surface area contributed by atoms with Crippen LogP contribution in [0.5, 0.6) is 0 Å². The van der Waals surface area contributed by atoms with Gasteiger partial charge in [0.2, 0.25) is 0 Å². The zero-order chi connectivity index (χ0) is 35.8. The third kappa shape index (κ3) is 7.97. The van der Waals surface area contributed by atoms with Crippen LogP contribution in [0.25, 0.3) is 0 Å². The van der Waals surface area contributed by atoms with Gasteiger partial charge in [0.1, 0.15) is 18.0 Å². The van der Waals surface area contributed by atoms with E-state index in [4.69, 9.17) is 23.7 Å². The molecule has 0 saturated carbocycles. The fourth-order valence-electron chi connectivity index (χ4n) is 8.08. The van der Waals surface area contributed by atoms with E-state index in [-0.39, 0.29) is 31.0 Å². The summed E-state index contributed by atoms with van der Waals surface area (Å²) in [5, 5.41) is 23.1. The molecule has 3 aliphatic rings. The van der Waals surface area contributed by atoms with E-state index in [2.05, 4.69) is 0 Å². The summed E-state index contributed by atoms with van der Waals surface area (Å²) >= 11 is 0. The number of aliphatic hydroxyl groups excluding tert-OH is 2. The third-order valence-corrected chi connectivity index (χ3v) is 10.8. The van der Waals surface area contributed by atoms with Crippen molar-refractivity contribution in [1.82, 2.24) is 14.7 Å². The lowest BCUT2D eigenvalue weighted by Gasteiger charge is -2.48. The van der Waals surface area contributed by atoms with Crippen molar-refractivity contribution in [2.45, 2.75) is 135 Å². The smallest absolute Gasteiger partial charge is 0.411 e. The van der Waals surface area contributed by atoms with Gasteiger partial charge >= 0.3 is 12.1 Å². The monoisotopic (exact) mass is 671 g/mol. The number of likely N-dealkylation sites (N-methyl/N-ethyl adjacent to an activating group) is 1. The predicted octanol–water partition coefficient (Wildman–Crippen LogP) is 2.50. The molecule has 14 unspecified atom stereocenters. The molecule has 3 saturated heterocycles. The molecule has 0 aromatic heterocycles. The number of ether oxygens (including phenoxy) is 5. The molecule has 3 aliphatic heterocycles. The second-order valence-electron chi connectivity index (χ2n) is 15.1. The van der Waals surface area contributed by atoms with E-state index in [1.807, 2.05) is 65.7 Å². The number of carbonyl (C=O) groups is 3. The summed E-state index contributed by atoms with van der Waals surface area (Å²) in [4.78, 5) is 46.8. The van der Waals surface area contributed by atoms with Crippen molar-refractivity contribution in [1.29, 1.82) is 0 Å². The summed E-state index contributed by atoms with van der Waals surface area (Å²) < 4.78 is 31.0. The molecule has 0 aliphatic carbocycles. The fourth-order valence-corrected chi connectivity index (χ4v) is 8.08. The summed E-state index contributed by atoms with van der Waals surface area (Å²) in [5.41, 5.74) is -2.52. The number of fused-ring (bicyclic) bond motifs is 1. The van der Waals surface area contributed by atoms with Gasteiger partial charge < -0.3 is 38.8 Å². The summed E-state index contributed by atoms with van der Waals surface area (Å²) in [6.45, 7) is 14.4. The molecule has 14 atom stereocenters. The summed E-state index contributed by atoms with van der Waals surface area (Å²) in [7, 11) is 8.93. The quantitative estimate of drug-likeness (QED) is 0.384. The second kappa shape index (κ2) is 15.3. The van der Waals surface area contributed by atoms with Gasteiger partial charge in [-0.2, -0.15) is 0 Å². The summed E-state index contributed by atoms with van der Waals surface area (Å²) in [5.74, 6) is -3.83. The van der Waals surface area contributed by atoms with Crippen molar-refractivity contribution >= 4 is 17.8 Å². The largest absolute Gasteiger partial charge is 0.458 e. The Labute approximate surface area is 281 Å². The van der Waals surface area contributed by atoms with Crippen LogP contribution in [-0.4, -0.2) is 145 Å². The van der Waals surface area contributed by atoms with Crippen LogP contribution in [0.1, 0.15) is 74.7 Å². The first-order valence-electron chi connectivity index (χ1n) is 17.0. The number of nitrogens with zero attached hydrogens (tertiary/aromatic N) is 3. The van der Waals surface area contributed by atoms with Gasteiger partial charge in [-0.15, -0.1) is 0 Å². The van der Waals surface area contributed by atoms with E-state index >= 15 is 0 Å². The van der Waals surface area contributed by atoms with Crippen LogP contribution < -0.4 is 0 Å². The van der Waals surface area contributed by atoms with Crippen LogP contribution in [0.3, 0.4) is 0 Å². The van der Waals surface area contributed by atoms with Crippen LogP contribution in [0.15, 0.2) is 0 Å². The molecule has 0 radical (unpaired) electrons. The Bertz CT molecular complexity index is 1110. The van der Waals surface area contributed by atoms with Crippen molar-refractivity contribution < 1.29 is 48.3 Å². The lowest BCUT2D eigenvalue weighted by atomic mass is 9.73. The average Bonchev–Trinajstić information content (AvgIpc) is 3.25. The Morgan fingerprint density at radius 2 is 1.60 bits per heavy atom. The zero-order valence-corrected chi connectivity index (χ0v) is 30.8. The number of cyclic esters (lactones) is 1. The number of ketones is 1. The van der Waals surface area contributed by atoms with Gasteiger partial charge in [-0.05, 0) is 75.1 Å². The van der Waals surface area contributed by atoms with Crippen molar-refractivity contribution in [2.75, 3.05) is 42.0 Å². The van der Waals surface area contributed by atoms with E-state index in [0.29, 0.717) is 12.8 Å². The number of aliphatic hydroxyl groups is 2. The summed E-state index contributed by atoms with van der Waals surface area (Å²) in [6, 6.07) is -0.989. The molecular weight excluding hydrogens is 610 g/mol. The van der Waals surface area contributed by atoms with Crippen LogP contribution in [0.2, 0.25) is 0 Å². The fraction of sp³-hybridized carbons (Fsp3) is 0.912. The highest BCUT2D eigenvalue weighted by molar-refractivity contribution is 5.85. The van der Waals surface area contributed by atoms with Gasteiger partial charge in [0.05, 0.1) is 42.5 Å². The normalized spacial score (nSPS) is 44.3. The lowest BCUT2D eigenvalue weighted by molar-refractivity contribution is -0.301. The molecular formula is C34H61N3O10. The Balaban J connectivity index is 2.14. The van der Waals surface area contributed by atoms with Gasteiger partial charge in [-0.1, -0.05) is 27.7 Å². The minimum atomic E-state index is -1.34. The molecule has 272 valence electrons. The van der Waals surface area contributed by atoms with Gasteiger partial charge in [-0.3, -0.25) is 19.4 Å². The van der Waals surface area contributed by atoms with Crippen LogP contribution in [0.4, 0.5) is 4.79 Å².